The molecule has 4 aliphatic rings. The molecule has 78 valence electrons. The van der Waals surface area contributed by atoms with E-state index in [-0.39, 0.29) is 10.6 Å². The number of halogens is 1. The van der Waals surface area contributed by atoms with Gasteiger partial charge in [-0.15, -0.1) is 0 Å². The summed E-state index contributed by atoms with van der Waals surface area (Å²) in [6, 6.07) is 0. The predicted molar refractivity (Wildman–Crippen MR) is 64.1 cm³/mol. The lowest BCUT2D eigenvalue weighted by Crippen LogP contribution is -2.65. The smallest absolute Gasteiger partial charge is 0.397 e. The molecule has 14 heavy (non-hydrogen) atoms. The summed E-state index contributed by atoms with van der Waals surface area (Å²) in [5.74, 6) is 1.55. The summed E-state index contributed by atoms with van der Waals surface area (Å²) < 4.78 is 11.8. The Morgan fingerprint density at radius 2 is 2.00 bits per heavy atom. The average molecular weight is 306 g/mol. The Kier molecular flexibility index (Phi) is 1.90. The number of hydrogen-bond acceptors (Lipinski definition) is 2. The molecule has 2 nitrogen and oxygen atoms in total. The molecule has 0 aromatic rings. The van der Waals surface area contributed by atoms with Gasteiger partial charge >= 0.3 is 4.97 Å². The second-order valence-electron chi connectivity index (χ2n) is 5.74. The van der Waals surface area contributed by atoms with E-state index in [9.17, 15) is 0 Å². The number of rotatable bonds is 0. The molecule has 3 saturated carbocycles. The summed E-state index contributed by atoms with van der Waals surface area (Å²) in [4.78, 5) is -0.0299. The highest BCUT2D eigenvalue weighted by Crippen LogP contribution is 2.65. The molecule has 1 saturated heterocycles. The van der Waals surface area contributed by atoms with Crippen LogP contribution in [-0.4, -0.2) is 16.7 Å². The molecule has 4 atom stereocenters. The van der Waals surface area contributed by atoms with Crippen molar-refractivity contribution >= 4 is 27.3 Å². The van der Waals surface area contributed by atoms with E-state index in [2.05, 4.69) is 43.1 Å². The van der Waals surface area contributed by atoms with E-state index in [1.807, 2.05) is 0 Å². The van der Waals surface area contributed by atoms with Crippen LogP contribution in [0.1, 0.15) is 33.6 Å². The van der Waals surface area contributed by atoms with Crippen LogP contribution in [0.2, 0.25) is 0 Å². The first-order valence-electron chi connectivity index (χ1n) is 5.42. The molecule has 0 N–H and O–H groups in total. The topological polar surface area (TPSA) is 18.5 Å². The third kappa shape index (κ3) is 1.00. The zero-order valence-corrected chi connectivity index (χ0v) is 11.1. The minimum Gasteiger partial charge on any atom is -0.397 e. The first kappa shape index (κ1) is 9.91. The molecule has 0 aromatic carbocycles. The largest absolute Gasteiger partial charge is 0.533 e. The second kappa shape index (κ2) is 2.69. The van der Waals surface area contributed by atoms with Gasteiger partial charge in [0.25, 0.3) is 0 Å². The summed E-state index contributed by atoms with van der Waals surface area (Å²) >= 11 is 2.24. The summed E-state index contributed by atoms with van der Waals surface area (Å²) in [7, 11) is 0. The highest BCUT2D eigenvalue weighted by Gasteiger charge is 2.67. The van der Waals surface area contributed by atoms with Crippen LogP contribution in [0.3, 0.4) is 0 Å². The Labute approximate surface area is 99.1 Å². The van der Waals surface area contributed by atoms with Crippen LogP contribution in [0.4, 0.5) is 0 Å². The molecule has 1 aliphatic heterocycles. The van der Waals surface area contributed by atoms with E-state index >= 15 is 0 Å². The highest BCUT2D eigenvalue weighted by atomic mass is 127. The van der Waals surface area contributed by atoms with E-state index in [1.165, 1.54) is 12.8 Å². The van der Waals surface area contributed by atoms with E-state index in [1.54, 1.807) is 0 Å². The molecule has 2 unspecified atom stereocenters. The first-order chi connectivity index (χ1) is 6.44. The molecule has 0 spiro atoms. The van der Waals surface area contributed by atoms with Gasteiger partial charge in [0.2, 0.25) is 0 Å². The maximum Gasteiger partial charge on any atom is 0.533 e. The molecule has 1 heterocycles. The maximum absolute atomic E-state index is 6.00. The Morgan fingerprint density at radius 3 is 2.64 bits per heavy atom. The van der Waals surface area contributed by atoms with Crippen molar-refractivity contribution in [2.24, 2.45) is 17.3 Å². The lowest BCUT2D eigenvalue weighted by molar-refractivity contribution is -0.199. The van der Waals surface area contributed by atoms with Gasteiger partial charge in [0.15, 0.2) is 0 Å². The van der Waals surface area contributed by atoms with Crippen molar-refractivity contribution in [1.82, 2.24) is 0 Å². The first-order valence-corrected chi connectivity index (χ1v) is 6.66. The summed E-state index contributed by atoms with van der Waals surface area (Å²) in [6.07, 6.45) is 2.88. The summed E-state index contributed by atoms with van der Waals surface area (Å²) in [6.45, 7) is 7.02. The standard InChI is InChI=1S/C10H16BIO2/c1-9(2)6-4-7(9)10(3)8(5-6)13-11(12)14-10/h6-8H,4-5H2,1-3H3/t6?,7?,8-,10+/m1/s1. The minimum absolute atomic E-state index is 0.00981. The fourth-order valence-electron chi connectivity index (χ4n) is 3.81. The molecule has 4 heteroatoms. The van der Waals surface area contributed by atoms with Crippen LogP contribution < -0.4 is 0 Å². The zero-order chi connectivity index (χ0) is 10.1. The molecular formula is C10H16BIO2. The van der Waals surface area contributed by atoms with Crippen molar-refractivity contribution < 1.29 is 9.31 Å². The second-order valence-corrected chi connectivity index (χ2v) is 6.76. The monoisotopic (exact) mass is 306 g/mol. The van der Waals surface area contributed by atoms with Gasteiger partial charge in [0.1, 0.15) is 0 Å². The number of hydrogen-bond donors (Lipinski definition) is 0. The lowest BCUT2D eigenvalue weighted by atomic mass is 9.43. The van der Waals surface area contributed by atoms with E-state index < -0.39 is 0 Å². The summed E-state index contributed by atoms with van der Waals surface area (Å²) in [5.41, 5.74) is 0.458. The van der Waals surface area contributed by atoms with Crippen molar-refractivity contribution in [2.75, 3.05) is 0 Å². The van der Waals surface area contributed by atoms with Crippen LogP contribution in [-0.2, 0) is 9.31 Å². The summed E-state index contributed by atoms with van der Waals surface area (Å²) in [5, 5.41) is 0. The molecular weight excluding hydrogens is 290 g/mol. The maximum atomic E-state index is 6.00. The van der Waals surface area contributed by atoms with Gasteiger partial charge in [0.05, 0.1) is 11.7 Å². The quantitative estimate of drug-likeness (QED) is 0.506. The van der Waals surface area contributed by atoms with Gasteiger partial charge in [-0.2, -0.15) is 0 Å². The predicted octanol–water partition coefficient (Wildman–Crippen LogP) is 2.65. The Balaban J connectivity index is 1.95. The van der Waals surface area contributed by atoms with Crippen LogP contribution >= 0.6 is 22.4 Å². The Hall–Kier alpha value is 0.715. The van der Waals surface area contributed by atoms with Gasteiger partial charge in [-0.05, 0) is 37.0 Å². The van der Waals surface area contributed by atoms with Gasteiger partial charge in [-0.25, -0.2) is 0 Å². The third-order valence-corrected chi connectivity index (χ3v) is 5.47. The Morgan fingerprint density at radius 1 is 1.29 bits per heavy atom. The van der Waals surface area contributed by atoms with Crippen LogP contribution in [0.5, 0.6) is 0 Å². The molecule has 4 fully saturated rings. The highest BCUT2D eigenvalue weighted by molar-refractivity contribution is 14.1. The SMILES string of the molecule is CC1(C)C2CC1[C@]1(C)OB(I)O[C@@H]1C2. The van der Waals surface area contributed by atoms with Crippen molar-refractivity contribution in [3.05, 3.63) is 0 Å². The van der Waals surface area contributed by atoms with Gasteiger partial charge in [-0.3, -0.25) is 0 Å². The molecule has 0 aromatic heterocycles. The molecule has 0 amide bonds. The van der Waals surface area contributed by atoms with Crippen molar-refractivity contribution in [2.45, 2.75) is 45.3 Å². The lowest BCUT2D eigenvalue weighted by Gasteiger charge is -2.64. The van der Waals surface area contributed by atoms with Crippen molar-refractivity contribution in [3.63, 3.8) is 0 Å². The van der Waals surface area contributed by atoms with Crippen LogP contribution in [0, 0.1) is 17.3 Å². The molecule has 2 bridgehead atoms. The average Bonchev–Trinajstić information content (AvgIpc) is 2.37. The van der Waals surface area contributed by atoms with E-state index in [4.69, 9.17) is 9.31 Å². The van der Waals surface area contributed by atoms with Crippen LogP contribution in [0.15, 0.2) is 0 Å². The Bertz CT molecular complexity index is 283. The van der Waals surface area contributed by atoms with E-state index in [0.29, 0.717) is 17.4 Å². The van der Waals surface area contributed by atoms with Crippen LogP contribution in [0.25, 0.3) is 0 Å². The fourth-order valence-corrected chi connectivity index (χ4v) is 4.71. The zero-order valence-electron chi connectivity index (χ0n) is 8.92. The molecule has 4 rings (SSSR count). The minimum atomic E-state index is -0.0299. The normalized spacial score (nSPS) is 54.0. The van der Waals surface area contributed by atoms with Crippen molar-refractivity contribution in [1.29, 1.82) is 0 Å². The fraction of sp³-hybridized carbons (Fsp3) is 1.00. The van der Waals surface area contributed by atoms with Gasteiger partial charge in [-0.1, -0.05) is 36.2 Å². The molecule has 3 aliphatic carbocycles. The molecule has 0 radical (unpaired) electrons. The van der Waals surface area contributed by atoms with E-state index in [0.717, 1.165) is 5.92 Å². The van der Waals surface area contributed by atoms with Gasteiger partial charge < -0.3 is 9.31 Å². The third-order valence-electron chi connectivity index (χ3n) is 4.92. The van der Waals surface area contributed by atoms with Gasteiger partial charge in [0, 0.05) is 0 Å². The van der Waals surface area contributed by atoms with Crippen molar-refractivity contribution in [3.8, 4) is 0 Å².